The molecular weight excluding hydrogens is 329 g/mol. The minimum absolute atomic E-state index is 0.0886. The summed E-state index contributed by atoms with van der Waals surface area (Å²) in [7, 11) is 2.20. The standard InChI is InChI=1S/C12H22IN3O/c1-15-6-8-16(9-7-15)11-4-2-10(3-5-11)14-12(13)17/h10-11H,2-9H2,1H3,(H,14,17). The predicted molar refractivity (Wildman–Crippen MR) is 77.7 cm³/mol. The predicted octanol–water partition coefficient (Wildman–Crippen LogP) is 1.69. The third-order valence-electron chi connectivity index (χ3n) is 4.07. The molecule has 0 aromatic carbocycles. The molecule has 0 bridgehead atoms. The van der Waals surface area contributed by atoms with Gasteiger partial charge in [-0.05, 0) is 32.7 Å². The molecule has 5 heteroatoms. The molecule has 0 aromatic heterocycles. The number of nitrogens with one attached hydrogen (secondary N) is 1. The molecule has 2 rings (SSSR count). The summed E-state index contributed by atoms with van der Waals surface area (Å²) in [6, 6.07) is 1.18. The second kappa shape index (κ2) is 6.33. The number of amides is 1. The second-order valence-corrected chi connectivity index (χ2v) is 6.24. The zero-order valence-electron chi connectivity index (χ0n) is 10.5. The Balaban J connectivity index is 1.73. The van der Waals surface area contributed by atoms with Gasteiger partial charge in [0.2, 0.25) is 0 Å². The monoisotopic (exact) mass is 351 g/mol. The van der Waals surface area contributed by atoms with Crippen molar-refractivity contribution in [2.45, 2.75) is 37.8 Å². The molecule has 2 fully saturated rings. The summed E-state index contributed by atoms with van der Waals surface area (Å²) in [6.07, 6.45) is 4.77. The molecule has 0 radical (unpaired) electrons. The van der Waals surface area contributed by atoms with Crippen LogP contribution >= 0.6 is 22.6 Å². The van der Waals surface area contributed by atoms with Gasteiger partial charge in [0, 0.05) is 60.9 Å². The summed E-state index contributed by atoms with van der Waals surface area (Å²) in [6.45, 7) is 4.82. The highest BCUT2D eigenvalue weighted by Gasteiger charge is 2.27. The van der Waals surface area contributed by atoms with E-state index in [4.69, 9.17) is 0 Å². The smallest absolute Gasteiger partial charge is 0.280 e. The maximum Gasteiger partial charge on any atom is 0.280 e. The Labute approximate surface area is 117 Å². The van der Waals surface area contributed by atoms with Crippen LogP contribution in [0.2, 0.25) is 0 Å². The highest BCUT2D eigenvalue weighted by atomic mass is 127. The molecular formula is C12H22IN3O. The Morgan fingerprint density at radius 3 is 2.24 bits per heavy atom. The van der Waals surface area contributed by atoms with Crippen molar-refractivity contribution in [1.82, 2.24) is 15.1 Å². The van der Waals surface area contributed by atoms with Crippen molar-refractivity contribution in [2.24, 2.45) is 0 Å². The van der Waals surface area contributed by atoms with Crippen LogP contribution in [0.3, 0.4) is 0 Å². The summed E-state index contributed by atoms with van der Waals surface area (Å²) < 4.78 is 0.0886. The largest absolute Gasteiger partial charge is 0.345 e. The molecule has 1 saturated carbocycles. The van der Waals surface area contributed by atoms with Crippen LogP contribution in [0.4, 0.5) is 4.79 Å². The summed E-state index contributed by atoms with van der Waals surface area (Å²) >= 11 is 1.83. The van der Waals surface area contributed by atoms with E-state index in [2.05, 4.69) is 22.2 Å². The molecule has 1 N–H and O–H groups in total. The average molecular weight is 351 g/mol. The summed E-state index contributed by atoms with van der Waals surface area (Å²) in [5.74, 6) is 0. The van der Waals surface area contributed by atoms with Crippen molar-refractivity contribution in [1.29, 1.82) is 0 Å². The van der Waals surface area contributed by atoms with E-state index in [1.54, 1.807) is 0 Å². The van der Waals surface area contributed by atoms with Gasteiger partial charge in [0.25, 0.3) is 3.91 Å². The van der Waals surface area contributed by atoms with Gasteiger partial charge in [-0.15, -0.1) is 0 Å². The van der Waals surface area contributed by atoms with Crippen LogP contribution in [0.15, 0.2) is 0 Å². The number of piperazine rings is 1. The highest BCUT2D eigenvalue weighted by molar-refractivity contribution is 14.1. The van der Waals surface area contributed by atoms with E-state index < -0.39 is 0 Å². The SMILES string of the molecule is CN1CCN(C2CCC(NC(=O)I)CC2)CC1. The first kappa shape index (κ1) is 13.5. The van der Waals surface area contributed by atoms with E-state index in [0.717, 1.165) is 18.9 Å². The molecule has 1 aliphatic carbocycles. The first-order valence-corrected chi connectivity index (χ1v) is 7.61. The van der Waals surface area contributed by atoms with Gasteiger partial charge in [-0.25, -0.2) is 0 Å². The highest BCUT2D eigenvalue weighted by Crippen LogP contribution is 2.24. The van der Waals surface area contributed by atoms with Crippen molar-refractivity contribution in [3.05, 3.63) is 0 Å². The Kier molecular flexibility index (Phi) is 5.05. The first-order valence-electron chi connectivity index (χ1n) is 6.54. The number of carbonyl (C=O) groups excluding carboxylic acids is 1. The van der Waals surface area contributed by atoms with E-state index in [0.29, 0.717) is 6.04 Å². The van der Waals surface area contributed by atoms with Gasteiger partial charge in [-0.2, -0.15) is 0 Å². The van der Waals surface area contributed by atoms with E-state index in [9.17, 15) is 4.79 Å². The molecule has 98 valence electrons. The molecule has 2 aliphatic rings. The number of carbonyl (C=O) groups is 1. The zero-order chi connectivity index (χ0) is 12.3. The average Bonchev–Trinajstić information content (AvgIpc) is 2.30. The van der Waals surface area contributed by atoms with E-state index in [1.165, 1.54) is 39.0 Å². The Hall–Kier alpha value is 0.120. The quantitative estimate of drug-likeness (QED) is 0.467. The fraction of sp³-hybridized carbons (Fsp3) is 0.917. The minimum Gasteiger partial charge on any atom is -0.345 e. The maximum absolute atomic E-state index is 11.0. The lowest BCUT2D eigenvalue weighted by Crippen LogP contribution is -2.51. The van der Waals surface area contributed by atoms with Crippen LogP contribution in [-0.2, 0) is 0 Å². The number of rotatable bonds is 2. The van der Waals surface area contributed by atoms with Crippen LogP contribution in [0.1, 0.15) is 25.7 Å². The fourth-order valence-corrected chi connectivity index (χ4v) is 3.37. The Morgan fingerprint density at radius 1 is 1.12 bits per heavy atom. The number of halogens is 1. The molecule has 0 aromatic rings. The molecule has 0 spiro atoms. The van der Waals surface area contributed by atoms with Gasteiger partial charge in [0.05, 0.1) is 0 Å². The van der Waals surface area contributed by atoms with Gasteiger partial charge in [0.15, 0.2) is 0 Å². The Morgan fingerprint density at radius 2 is 1.71 bits per heavy atom. The Bertz CT molecular complexity index is 258. The molecule has 0 atom stereocenters. The third kappa shape index (κ3) is 4.06. The lowest BCUT2D eigenvalue weighted by molar-refractivity contribution is 0.0864. The maximum atomic E-state index is 11.0. The summed E-state index contributed by atoms with van der Waals surface area (Å²) in [5, 5.41) is 3.03. The van der Waals surface area contributed by atoms with Gasteiger partial charge in [-0.3, -0.25) is 9.69 Å². The first-order chi connectivity index (χ1) is 8.15. The van der Waals surface area contributed by atoms with Crippen LogP contribution < -0.4 is 5.32 Å². The van der Waals surface area contributed by atoms with Crippen LogP contribution in [0, 0.1) is 0 Å². The van der Waals surface area contributed by atoms with Crippen LogP contribution in [0.25, 0.3) is 0 Å². The molecule has 1 amide bonds. The van der Waals surface area contributed by atoms with Crippen molar-refractivity contribution < 1.29 is 4.79 Å². The normalized spacial score (nSPS) is 32.4. The third-order valence-corrected chi connectivity index (χ3v) is 4.38. The van der Waals surface area contributed by atoms with Crippen LogP contribution in [-0.4, -0.2) is 59.0 Å². The van der Waals surface area contributed by atoms with Crippen molar-refractivity contribution in [3.63, 3.8) is 0 Å². The van der Waals surface area contributed by atoms with Crippen LogP contribution in [0.5, 0.6) is 0 Å². The summed E-state index contributed by atoms with van der Waals surface area (Å²) in [5.41, 5.74) is 0. The topological polar surface area (TPSA) is 35.6 Å². The fourth-order valence-electron chi connectivity index (χ4n) is 2.93. The summed E-state index contributed by atoms with van der Waals surface area (Å²) in [4.78, 5) is 16.0. The number of hydrogen-bond acceptors (Lipinski definition) is 3. The molecule has 0 unspecified atom stereocenters. The van der Waals surface area contributed by atoms with E-state index in [-0.39, 0.29) is 3.91 Å². The van der Waals surface area contributed by atoms with Gasteiger partial charge < -0.3 is 10.2 Å². The van der Waals surface area contributed by atoms with Gasteiger partial charge >= 0.3 is 0 Å². The molecule has 1 aliphatic heterocycles. The lowest BCUT2D eigenvalue weighted by Gasteiger charge is -2.41. The zero-order valence-corrected chi connectivity index (χ0v) is 12.6. The van der Waals surface area contributed by atoms with Gasteiger partial charge in [0.1, 0.15) is 0 Å². The number of likely N-dealkylation sites (N-methyl/N-ethyl adjacent to an activating group) is 1. The minimum atomic E-state index is 0.0886. The molecule has 1 heterocycles. The number of hydrogen-bond donors (Lipinski definition) is 1. The second-order valence-electron chi connectivity index (χ2n) is 5.26. The molecule has 17 heavy (non-hydrogen) atoms. The molecule has 1 saturated heterocycles. The van der Waals surface area contributed by atoms with Crippen molar-refractivity contribution in [2.75, 3.05) is 33.2 Å². The molecule has 4 nitrogen and oxygen atoms in total. The van der Waals surface area contributed by atoms with Gasteiger partial charge in [-0.1, -0.05) is 0 Å². The lowest BCUT2D eigenvalue weighted by atomic mass is 9.90. The van der Waals surface area contributed by atoms with E-state index >= 15 is 0 Å². The van der Waals surface area contributed by atoms with Crippen molar-refractivity contribution in [3.8, 4) is 0 Å². The number of nitrogens with zero attached hydrogens (tertiary/aromatic N) is 2. The van der Waals surface area contributed by atoms with E-state index in [1.807, 2.05) is 22.6 Å². The van der Waals surface area contributed by atoms with Crippen molar-refractivity contribution >= 4 is 26.5 Å².